The molecule has 0 aliphatic rings. The van der Waals surface area contributed by atoms with E-state index in [-0.39, 0.29) is 5.75 Å². The lowest BCUT2D eigenvalue weighted by molar-refractivity contribution is -0.0499. The fraction of sp³-hybridized carbons (Fsp3) is 0.368. The topological polar surface area (TPSA) is 43.4 Å². The number of rotatable bonds is 3. The quantitative estimate of drug-likeness (QED) is 0.522. The fourth-order valence-corrected chi connectivity index (χ4v) is 3.30. The van der Waals surface area contributed by atoms with Crippen molar-refractivity contribution in [3.05, 3.63) is 51.6 Å². The molecule has 0 aliphatic heterocycles. The van der Waals surface area contributed by atoms with Gasteiger partial charge in [-0.1, -0.05) is 12.1 Å². The molecule has 0 atom stereocenters. The maximum Gasteiger partial charge on any atom is 0.534 e. The summed E-state index contributed by atoms with van der Waals surface area (Å²) in [6, 6.07) is 4.98. The van der Waals surface area contributed by atoms with Gasteiger partial charge in [0, 0.05) is 5.56 Å². The average Bonchev–Trinajstić information content (AvgIpc) is 2.51. The van der Waals surface area contributed by atoms with Crippen LogP contribution in [-0.4, -0.2) is 13.9 Å². The Kier molecular flexibility index (Phi) is 5.16. The van der Waals surface area contributed by atoms with Crippen molar-refractivity contribution in [3.63, 3.8) is 0 Å². The molecule has 2 aromatic carbocycles. The lowest BCUT2D eigenvalue weighted by Gasteiger charge is -2.20. The largest absolute Gasteiger partial charge is 0.534 e. The van der Waals surface area contributed by atoms with Crippen molar-refractivity contribution in [1.82, 2.24) is 0 Å². The van der Waals surface area contributed by atoms with Crippen molar-refractivity contribution in [1.29, 1.82) is 0 Å². The normalized spacial score (nSPS) is 12.3. The second kappa shape index (κ2) is 6.61. The number of halogens is 3. The van der Waals surface area contributed by atoms with Gasteiger partial charge in [0.25, 0.3) is 0 Å². The lowest BCUT2D eigenvalue weighted by atomic mass is 9.88. The van der Waals surface area contributed by atoms with Crippen molar-refractivity contribution >= 4 is 10.1 Å². The van der Waals surface area contributed by atoms with E-state index in [1.165, 1.54) is 6.07 Å². The zero-order chi connectivity index (χ0) is 20.0. The molecule has 0 heterocycles. The Labute approximate surface area is 151 Å². The van der Waals surface area contributed by atoms with Crippen LogP contribution < -0.4 is 4.18 Å². The first-order valence-electron chi connectivity index (χ1n) is 7.96. The summed E-state index contributed by atoms with van der Waals surface area (Å²) in [5.41, 5.74) is 0.629. The molecule has 0 fully saturated rings. The highest BCUT2D eigenvalue weighted by Crippen LogP contribution is 2.41. The van der Waals surface area contributed by atoms with Gasteiger partial charge in [-0.2, -0.15) is 21.6 Å². The van der Waals surface area contributed by atoms with Gasteiger partial charge in [-0.15, -0.1) is 0 Å². The van der Waals surface area contributed by atoms with Gasteiger partial charge in [-0.05, 0) is 86.6 Å². The van der Waals surface area contributed by atoms with Crippen LogP contribution in [0.4, 0.5) is 13.2 Å². The lowest BCUT2D eigenvalue weighted by Crippen LogP contribution is -2.28. The molecule has 0 amide bonds. The Morgan fingerprint density at radius 3 is 1.88 bits per heavy atom. The third kappa shape index (κ3) is 3.45. The van der Waals surface area contributed by atoms with E-state index >= 15 is 0 Å². The van der Waals surface area contributed by atoms with E-state index in [9.17, 15) is 21.6 Å². The van der Waals surface area contributed by atoms with Crippen LogP contribution in [0.1, 0.15) is 33.4 Å². The van der Waals surface area contributed by atoms with Crippen LogP contribution in [0.2, 0.25) is 0 Å². The third-order valence-corrected chi connectivity index (χ3v) is 5.90. The van der Waals surface area contributed by atoms with E-state index in [1.54, 1.807) is 19.9 Å². The molecule has 0 saturated carbocycles. The molecular weight excluding hydrogens is 365 g/mol. The number of aryl methyl sites for hydroxylation is 2. The molecule has 0 unspecified atom stereocenters. The molecular formula is C19H21F3O3S. The molecule has 0 aromatic heterocycles. The zero-order valence-corrected chi connectivity index (χ0v) is 16.3. The molecule has 2 aromatic rings. The van der Waals surface area contributed by atoms with E-state index in [2.05, 4.69) is 4.18 Å². The molecule has 0 radical (unpaired) electrons. The summed E-state index contributed by atoms with van der Waals surface area (Å²) < 4.78 is 66.1. The van der Waals surface area contributed by atoms with Crippen LogP contribution >= 0.6 is 0 Å². The minimum Gasteiger partial charge on any atom is -0.375 e. The van der Waals surface area contributed by atoms with Gasteiger partial charge in [-0.25, -0.2) is 0 Å². The molecule has 0 N–H and O–H groups in total. The first-order valence-corrected chi connectivity index (χ1v) is 9.37. The van der Waals surface area contributed by atoms with Crippen molar-refractivity contribution < 1.29 is 25.8 Å². The SMILES string of the molecule is Cc1ccc(-c2c(OS(=O)(=O)C(F)(F)F)cc(C)c(C)c2C)c(C)c1C. The molecule has 26 heavy (non-hydrogen) atoms. The highest BCUT2D eigenvalue weighted by atomic mass is 32.2. The van der Waals surface area contributed by atoms with Gasteiger partial charge in [0.2, 0.25) is 0 Å². The summed E-state index contributed by atoms with van der Waals surface area (Å²) in [7, 11) is -5.76. The number of benzene rings is 2. The molecule has 0 aliphatic carbocycles. The van der Waals surface area contributed by atoms with Crippen LogP contribution in [0.15, 0.2) is 18.2 Å². The minimum absolute atomic E-state index is 0.311. The smallest absolute Gasteiger partial charge is 0.375 e. The zero-order valence-electron chi connectivity index (χ0n) is 15.5. The summed E-state index contributed by atoms with van der Waals surface area (Å²) in [4.78, 5) is 0. The van der Waals surface area contributed by atoms with Crippen LogP contribution in [0.25, 0.3) is 11.1 Å². The fourth-order valence-electron chi connectivity index (χ4n) is 2.84. The van der Waals surface area contributed by atoms with Crippen molar-refractivity contribution in [2.24, 2.45) is 0 Å². The highest BCUT2D eigenvalue weighted by molar-refractivity contribution is 7.88. The third-order valence-electron chi connectivity index (χ3n) is 4.93. The summed E-state index contributed by atoms with van der Waals surface area (Å²) >= 11 is 0. The summed E-state index contributed by atoms with van der Waals surface area (Å²) in [5, 5.41) is 0. The van der Waals surface area contributed by atoms with Gasteiger partial charge < -0.3 is 4.18 Å². The van der Waals surface area contributed by atoms with Crippen LogP contribution in [0.5, 0.6) is 5.75 Å². The average molecular weight is 386 g/mol. The van der Waals surface area contributed by atoms with E-state index in [4.69, 9.17) is 0 Å². The Balaban J connectivity index is 2.82. The van der Waals surface area contributed by atoms with E-state index in [0.29, 0.717) is 22.3 Å². The summed E-state index contributed by atoms with van der Waals surface area (Å²) in [6.07, 6.45) is 0. The van der Waals surface area contributed by atoms with Gasteiger partial charge in [0.05, 0.1) is 0 Å². The van der Waals surface area contributed by atoms with Gasteiger partial charge in [0.15, 0.2) is 5.75 Å². The van der Waals surface area contributed by atoms with Crippen molar-refractivity contribution in [2.45, 2.75) is 47.1 Å². The van der Waals surface area contributed by atoms with E-state index < -0.39 is 15.6 Å². The van der Waals surface area contributed by atoms with Crippen LogP contribution in [0, 0.1) is 41.5 Å². The van der Waals surface area contributed by atoms with E-state index in [1.807, 2.05) is 33.8 Å². The predicted molar refractivity (Wildman–Crippen MR) is 95.9 cm³/mol. The monoisotopic (exact) mass is 386 g/mol. The molecule has 0 spiro atoms. The molecule has 7 heteroatoms. The maximum absolute atomic E-state index is 12.8. The van der Waals surface area contributed by atoms with Gasteiger partial charge in [-0.3, -0.25) is 0 Å². The molecule has 3 nitrogen and oxygen atoms in total. The second-order valence-corrected chi connectivity index (χ2v) is 8.02. The number of alkyl halides is 3. The van der Waals surface area contributed by atoms with Crippen LogP contribution in [0.3, 0.4) is 0 Å². The maximum atomic E-state index is 12.8. The van der Waals surface area contributed by atoms with Crippen molar-refractivity contribution in [2.75, 3.05) is 0 Å². The number of hydrogen-bond acceptors (Lipinski definition) is 3. The predicted octanol–water partition coefficient (Wildman–Crippen LogP) is 5.43. The molecule has 0 bridgehead atoms. The molecule has 142 valence electrons. The Bertz CT molecular complexity index is 975. The highest BCUT2D eigenvalue weighted by Gasteiger charge is 2.49. The standard InChI is InChI=1S/C19H21F3O3S/c1-10-7-8-16(14(5)12(10)3)18-15(6)13(4)11(2)9-17(18)25-26(23,24)19(20,21)22/h7-9H,1-6H3. The Hall–Kier alpha value is -2.02. The molecule has 2 rings (SSSR count). The molecule has 0 saturated heterocycles. The first-order chi connectivity index (χ1) is 11.8. The summed E-state index contributed by atoms with van der Waals surface area (Å²) in [5.74, 6) is -0.311. The number of hydrogen-bond donors (Lipinski definition) is 0. The minimum atomic E-state index is -5.76. The Morgan fingerprint density at radius 2 is 1.35 bits per heavy atom. The summed E-state index contributed by atoms with van der Waals surface area (Å²) in [6.45, 7) is 11.0. The van der Waals surface area contributed by atoms with E-state index in [0.717, 1.165) is 22.3 Å². The first kappa shape index (κ1) is 20.3. The Morgan fingerprint density at radius 1 is 0.808 bits per heavy atom. The van der Waals surface area contributed by atoms with Crippen LogP contribution in [-0.2, 0) is 10.1 Å². The van der Waals surface area contributed by atoms with Gasteiger partial charge in [0.1, 0.15) is 0 Å². The second-order valence-electron chi connectivity index (χ2n) is 6.48. The van der Waals surface area contributed by atoms with Gasteiger partial charge >= 0.3 is 15.6 Å². The van der Waals surface area contributed by atoms with Crippen molar-refractivity contribution in [3.8, 4) is 16.9 Å².